The first kappa shape index (κ1) is 15.3. The number of hydrogen-bond acceptors (Lipinski definition) is 1. The Kier molecular flexibility index (Phi) is 4.79. The standard InChI is InChI=1S/C19H23NO/c1-5-14(3)16-7-9-17(10-8-16)20-19(21)18-11-6-13(2)12-15(18)4/h6-12,14H,5H2,1-4H3,(H,20,21). The summed E-state index contributed by atoms with van der Waals surface area (Å²) in [7, 11) is 0. The van der Waals surface area contributed by atoms with Gasteiger partial charge in [0.2, 0.25) is 0 Å². The lowest BCUT2D eigenvalue weighted by Gasteiger charge is -2.11. The quantitative estimate of drug-likeness (QED) is 0.833. The fraction of sp³-hybridized carbons (Fsp3) is 0.316. The number of amides is 1. The SMILES string of the molecule is CCC(C)c1ccc(NC(=O)c2ccc(C)cc2C)cc1. The van der Waals surface area contributed by atoms with Gasteiger partial charge in [-0.3, -0.25) is 4.79 Å². The Morgan fingerprint density at radius 3 is 2.33 bits per heavy atom. The van der Waals surface area contributed by atoms with Crippen molar-refractivity contribution in [3.8, 4) is 0 Å². The van der Waals surface area contributed by atoms with Gasteiger partial charge in [-0.2, -0.15) is 0 Å². The summed E-state index contributed by atoms with van der Waals surface area (Å²) in [5, 5.41) is 2.96. The molecular formula is C19H23NO. The van der Waals surface area contributed by atoms with E-state index in [1.54, 1.807) is 0 Å². The highest BCUT2D eigenvalue weighted by atomic mass is 16.1. The van der Waals surface area contributed by atoms with Gasteiger partial charge in [-0.05, 0) is 55.5 Å². The molecule has 0 aliphatic carbocycles. The van der Waals surface area contributed by atoms with Gasteiger partial charge < -0.3 is 5.32 Å². The number of anilines is 1. The van der Waals surface area contributed by atoms with E-state index in [2.05, 4.69) is 31.3 Å². The number of carbonyl (C=O) groups excluding carboxylic acids is 1. The zero-order chi connectivity index (χ0) is 15.4. The summed E-state index contributed by atoms with van der Waals surface area (Å²) >= 11 is 0. The molecule has 0 aliphatic heterocycles. The molecule has 21 heavy (non-hydrogen) atoms. The lowest BCUT2D eigenvalue weighted by atomic mass is 9.98. The molecule has 1 amide bonds. The van der Waals surface area contributed by atoms with Crippen molar-refractivity contribution in [3.63, 3.8) is 0 Å². The van der Waals surface area contributed by atoms with Crippen molar-refractivity contribution < 1.29 is 4.79 Å². The van der Waals surface area contributed by atoms with E-state index in [1.807, 2.05) is 44.2 Å². The molecule has 1 N–H and O–H groups in total. The molecule has 0 saturated heterocycles. The molecule has 1 atom stereocenters. The molecule has 110 valence electrons. The summed E-state index contributed by atoms with van der Waals surface area (Å²) in [6.07, 6.45) is 1.12. The lowest BCUT2D eigenvalue weighted by Crippen LogP contribution is -2.13. The summed E-state index contributed by atoms with van der Waals surface area (Å²) in [6, 6.07) is 14.0. The Labute approximate surface area is 127 Å². The Morgan fingerprint density at radius 2 is 1.76 bits per heavy atom. The number of carbonyl (C=O) groups is 1. The van der Waals surface area contributed by atoms with Gasteiger partial charge in [0.25, 0.3) is 5.91 Å². The molecular weight excluding hydrogens is 258 g/mol. The summed E-state index contributed by atoms with van der Waals surface area (Å²) < 4.78 is 0. The molecule has 2 heteroatoms. The van der Waals surface area contributed by atoms with Crippen LogP contribution in [0.5, 0.6) is 0 Å². The minimum Gasteiger partial charge on any atom is -0.322 e. The highest BCUT2D eigenvalue weighted by molar-refractivity contribution is 6.05. The third-order valence-corrected chi connectivity index (χ3v) is 3.98. The van der Waals surface area contributed by atoms with Crippen LogP contribution < -0.4 is 5.32 Å². The van der Waals surface area contributed by atoms with Crippen molar-refractivity contribution in [1.29, 1.82) is 0 Å². The normalized spacial score (nSPS) is 12.0. The number of benzene rings is 2. The third-order valence-electron chi connectivity index (χ3n) is 3.98. The highest BCUT2D eigenvalue weighted by Crippen LogP contribution is 2.21. The summed E-state index contributed by atoms with van der Waals surface area (Å²) in [5.74, 6) is 0.498. The Hall–Kier alpha value is -2.09. The highest BCUT2D eigenvalue weighted by Gasteiger charge is 2.09. The zero-order valence-electron chi connectivity index (χ0n) is 13.2. The monoisotopic (exact) mass is 281 g/mol. The summed E-state index contributed by atoms with van der Waals surface area (Å²) in [6.45, 7) is 8.39. The molecule has 0 fully saturated rings. The van der Waals surface area contributed by atoms with Gasteiger partial charge in [0.05, 0.1) is 0 Å². The van der Waals surface area contributed by atoms with E-state index >= 15 is 0 Å². The zero-order valence-corrected chi connectivity index (χ0v) is 13.2. The number of rotatable bonds is 4. The van der Waals surface area contributed by atoms with Gasteiger partial charge >= 0.3 is 0 Å². The van der Waals surface area contributed by atoms with Crippen molar-refractivity contribution >= 4 is 11.6 Å². The van der Waals surface area contributed by atoms with Crippen LogP contribution in [0, 0.1) is 13.8 Å². The predicted molar refractivity (Wildman–Crippen MR) is 89.0 cm³/mol. The number of aryl methyl sites for hydroxylation is 2. The van der Waals surface area contributed by atoms with Crippen LogP contribution in [0.15, 0.2) is 42.5 Å². The molecule has 0 radical (unpaired) electrons. The van der Waals surface area contributed by atoms with E-state index in [-0.39, 0.29) is 5.91 Å². The second kappa shape index (κ2) is 6.57. The molecule has 1 unspecified atom stereocenters. The minimum atomic E-state index is -0.0520. The second-order valence-corrected chi connectivity index (χ2v) is 5.70. The van der Waals surface area contributed by atoms with Gasteiger partial charge in [0.1, 0.15) is 0 Å². The van der Waals surface area contributed by atoms with Gasteiger partial charge in [-0.15, -0.1) is 0 Å². The van der Waals surface area contributed by atoms with Crippen LogP contribution in [0.1, 0.15) is 53.2 Å². The summed E-state index contributed by atoms with van der Waals surface area (Å²) in [5.41, 5.74) is 5.05. The molecule has 0 heterocycles. The van der Waals surface area contributed by atoms with Crippen LogP contribution in [0.4, 0.5) is 5.69 Å². The maximum Gasteiger partial charge on any atom is 0.255 e. The van der Waals surface area contributed by atoms with E-state index in [9.17, 15) is 4.79 Å². The Morgan fingerprint density at radius 1 is 1.10 bits per heavy atom. The van der Waals surface area contributed by atoms with E-state index < -0.39 is 0 Å². The lowest BCUT2D eigenvalue weighted by molar-refractivity contribution is 0.102. The van der Waals surface area contributed by atoms with Crippen LogP contribution >= 0.6 is 0 Å². The van der Waals surface area contributed by atoms with Crippen molar-refractivity contribution in [2.75, 3.05) is 5.32 Å². The maximum atomic E-state index is 12.3. The van der Waals surface area contributed by atoms with E-state index in [0.29, 0.717) is 5.92 Å². The first-order valence-corrected chi connectivity index (χ1v) is 7.49. The molecule has 2 rings (SSSR count). The van der Waals surface area contributed by atoms with E-state index in [4.69, 9.17) is 0 Å². The Balaban J connectivity index is 2.12. The van der Waals surface area contributed by atoms with Crippen LogP contribution in [-0.4, -0.2) is 5.91 Å². The van der Waals surface area contributed by atoms with E-state index in [1.165, 1.54) is 11.1 Å². The van der Waals surface area contributed by atoms with Crippen molar-refractivity contribution in [3.05, 3.63) is 64.7 Å². The average Bonchev–Trinajstić information content (AvgIpc) is 2.47. The molecule has 0 saturated carbocycles. The second-order valence-electron chi connectivity index (χ2n) is 5.70. The molecule has 2 aromatic rings. The smallest absolute Gasteiger partial charge is 0.255 e. The van der Waals surface area contributed by atoms with Crippen LogP contribution in [-0.2, 0) is 0 Å². The van der Waals surface area contributed by atoms with Crippen molar-refractivity contribution in [1.82, 2.24) is 0 Å². The fourth-order valence-corrected chi connectivity index (χ4v) is 2.40. The first-order valence-electron chi connectivity index (χ1n) is 7.49. The van der Waals surface area contributed by atoms with Crippen LogP contribution in [0.25, 0.3) is 0 Å². The molecule has 0 bridgehead atoms. The average molecular weight is 281 g/mol. The molecule has 0 aromatic heterocycles. The fourth-order valence-electron chi connectivity index (χ4n) is 2.40. The maximum absolute atomic E-state index is 12.3. The summed E-state index contributed by atoms with van der Waals surface area (Å²) in [4.78, 5) is 12.3. The largest absolute Gasteiger partial charge is 0.322 e. The van der Waals surface area contributed by atoms with E-state index in [0.717, 1.165) is 23.2 Å². The van der Waals surface area contributed by atoms with Gasteiger partial charge in [0, 0.05) is 11.3 Å². The van der Waals surface area contributed by atoms with Crippen LogP contribution in [0.2, 0.25) is 0 Å². The van der Waals surface area contributed by atoms with Gasteiger partial charge in [-0.1, -0.05) is 43.7 Å². The topological polar surface area (TPSA) is 29.1 Å². The molecule has 2 aromatic carbocycles. The van der Waals surface area contributed by atoms with Gasteiger partial charge in [0.15, 0.2) is 0 Å². The Bertz CT molecular complexity index is 629. The van der Waals surface area contributed by atoms with Crippen LogP contribution in [0.3, 0.4) is 0 Å². The first-order chi connectivity index (χ1) is 10.0. The van der Waals surface area contributed by atoms with Crippen molar-refractivity contribution in [2.45, 2.75) is 40.0 Å². The molecule has 0 spiro atoms. The number of nitrogens with one attached hydrogen (secondary N) is 1. The number of hydrogen-bond donors (Lipinski definition) is 1. The predicted octanol–water partition coefficient (Wildman–Crippen LogP) is 5.07. The molecule has 0 aliphatic rings. The minimum absolute atomic E-state index is 0.0520. The molecule has 2 nitrogen and oxygen atoms in total. The van der Waals surface area contributed by atoms with Gasteiger partial charge in [-0.25, -0.2) is 0 Å². The third kappa shape index (κ3) is 3.72. The van der Waals surface area contributed by atoms with Crippen molar-refractivity contribution in [2.24, 2.45) is 0 Å².